The highest BCUT2D eigenvalue weighted by Crippen LogP contribution is 2.04. The molecule has 1 aromatic heterocycles. The predicted molar refractivity (Wildman–Crippen MR) is 53.2 cm³/mol. The zero-order valence-corrected chi connectivity index (χ0v) is 8.18. The molecule has 0 saturated heterocycles. The Labute approximate surface area is 79.3 Å². The Morgan fingerprint density at radius 1 is 1.46 bits per heavy atom. The van der Waals surface area contributed by atoms with Crippen LogP contribution in [0.15, 0.2) is 16.5 Å². The summed E-state index contributed by atoms with van der Waals surface area (Å²) in [4.78, 5) is 0. The Hall–Kier alpha value is -1.20. The molecule has 0 saturated carbocycles. The molecule has 13 heavy (non-hydrogen) atoms. The Morgan fingerprint density at radius 3 is 2.92 bits per heavy atom. The van der Waals surface area contributed by atoms with Gasteiger partial charge in [-0.3, -0.25) is 0 Å². The summed E-state index contributed by atoms with van der Waals surface area (Å²) in [5.74, 6) is 7.80. The summed E-state index contributed by atoms with van der Waals surface area (Å²) in [5, 5.41) is 3.25. The number of nitrogens with one attached hydrogen (secondary N) is 1. The highest BCUT2D eigenvalue weighted by molar-refractivity contribution is 5.05. The fraction of sp³-hybridized carbons (Fsp3) is 0.455. The minimum absolute atomic E-state index is 0.791. The molecule has 0 aromatic carbocycles. The first-order valence-electron chi connectivity index (χ1n) is 4.48. The van der Waals surface area contributed by atoms with Gasteiger partial charge in [-0.15, -0.1) is 11.8 Å². The number of aryl methyl sites for hydroxylation is 1. The maximum absolute atomic E-state index is 5.39. The molecule has 0 radical (unpaired) electrons. The minimum atomic E-state index is 0.791. The van der Waals surface area contributed by atoms with E-state index in [-0.39, 0.29) is 0 Å². The molecule has 0 unspecified atom stereocenters. The number of rotatable bonds is 4. The SMILES string of the molecule is CC#CCCNCc1ccc(C)o1. The van der Waals surface area contributed by atoms with Gasteiger partial charge < -0.3 is 9.73 Å². The van der Waals surface area contributed by atoms with Crippen molar-refractivity contribution in [3.63, 3.8) is 0 Å². The highest BCUT2D eigenvalue weighted by Gasteiger charge is 1.95. The van der Waals surface area contributed by atoms with Crippen molar-refractivity contribution in [2.45, 2.75) is 26.8 Å². The summed E-state index contributed by atoms with van der Waals surface area (Å²) < 4.78 is 5.39. The molecular weight excluding hydrogens is 162 g/mol. The lowest BCUT2D eigenvalue weighted by Gasteiger charge is -1.97. The largest absolute Gasteiger partial charge is 0.465 e. The molecule has 1 rings (SSSR count). The van der Waals surface area contributed by atoms with Gasteiger partial charge in [0.05, 0.1) is 6.54 Å². The molecule has 1 N–H and O–H groups in total. The Kier molecular flexibility index (Phi) is 4.14. The topological polar surface area (TPSA) is 25.2 Å². The second kappa shape index (κ2) is 5.45. The molecular formula is C11H15NO. The van der Waals surface area contributed by atoms with Gasteiger partial charge in [-0.2, -0.15) is 0 Å². The first-order valence-corrected chi connectivity index (χ1v) is 4.48. The maximum atomic E-state index is 5.39. The van der Waals surface area contributed by atoms with E-state index >= 15 is 0 Å². The van der Waals surface area contributed by atoms with E-state index < -0.39 is 0 Å². The molecule has 0 aliphatic heterocycles. The molecule has 0 aliphatic rings. The molecule has 2 nitrogen and oxygen atoms in total. The summed E-state index contributed by atoms with van der Waals surface area (Å²) in [5.41, 5.74) is 0. The number of hydrogen-bond acceptors (Lipinski definition) is 2. The summed E-state index contributed by atoms with van der Waals surface area (Å²) in [6.45, 7) is 5.52. The van der Waals surface area contributed by atoms with Crippen LogP contribution in [0.5, 0.6) is 0 Å². The molecule has 0 spiro atoms. The normalized spacial score (nSPS) is 9.38. The molecule has 0 aliphatic carbocycles. The van der Waals surface area contributed by atoms with Crippen LogP contribution in [0.25, 0.3) is 0 Å². The highest BCUT2D eigenvalue weighted by atomic mass is 16.3. The third-order valence-corrected chi connectivity index (χ3v) is 1.70. The van der Waals surface area contributed by atoms with E-state index in [4.69, 9.17) is 4.42 Å². The van der Waals surface area contributed by atoms with Crippen LogP contribution in [0, 0.1) is 18.8 Å². The lowest BCUT2D eigenvalue weighted by atomic mass is 10.4. The summed E-state index contributed by atoms with van der Waals surface area (Å²) >= 11 is 0. The third kappa shape index (κ3) is 3.82. The zero-order valence-electron chi connectivity index (χ0n) is 8.18. The van der Waals surface area contributed by atoms with Crippen molar-refractivity contribution >= 4 is 0 Å². The van der Waals surface area contributed by atoms with E-state index in [1.54, 1.807) is 0 Å². The van der Waals surface area contributed by atoms with Crippen molar-refractivity contribution in [3.05, 3.63) is 23.7 Å². The van der Waals surface area contributed by atoms with E-state index in [2.05, 4.69) is 17.2 Å². The Bertz CT molecular complexity index is 303. The quantitative estimate of drug-likeness (QED) is 0.562. The Morgan fingerprint density at radius 2 is 2.31 bits per heavy atom. The molecule has 1 heterocycles. The van der Waals surface area contributed by atoms with Gasteiger partial charge in [0.25, 0.3) is 0 Å². The van der Waals surface area contributed by atoms with Crippen molar-refractivity contribution in [2.24, 2.45) is 0 Å². The fourth-order valence-electron chi connectivity index (χ4n) is 1.07. The number of furan rings is 1. The molecule has 1 aromatic rings. The standard InChI is InChI=1S/C11H15NO/c1-3-4-5-8-12-9-11-7-6-10(2)13-11/h6-7,12H,5,8-9H2,1-2H3. The van der Waals surface area contributed by atoms with E-state index in [0.29, 0.717) is 0 Å². The summed E-state index contributed by atoms with van der Waals surface area (Å²) in [6.07, 6.45) is 0.899. The second-order valence-corrected chi connectivity index (χ2v) is 2.87. The van der Waals surface area contributed by atoms with E-state index in [0.717, 1.165) is 31.0 Å². The van der Waals surface area contributed by atoms with Crippen LogP contribution >= 0.6 is 0 Å². The van der Waals surface area contributed by atoms with Crippen LogP contribution in [0.3, 0.4) is 0 Å². The maximum Gasteiger partial charge on any atom is 0.117 e. The minimum Gasteiger partial charge on any atom is -0.465 e. The van der Waals surface area contributed by atoms with Crippen LogP contribution in [-0.2, 0) is 6.54 Å². The molecule has 0 fully saturated rings. The Balaban J connectivity index is 2.15. The average Bonchev–Trinajstić information content (AvgIpc) is 2.51. The van der Waals surface area contributed by atoms with E-state index in [9.17, 15) is 0 Å². The van der Waals surface area contributed by atoms with E-state index in [1.165, 1.54) is 0 Å². The fourth-order valence-corrected chi connectivity index (χ4v) is 1.07. The zero-order chi connectivity index (χ0) is 9.52. The van der Waals surface area contributed by atoms with Gasteiger partial charge in [0.15, 0.2) is 0 Å². The molecule has 0 bridgehead atoms. The molecule has 70 valence electrons. The molecule has 0 atom stereocenters. The summed E-state index contributed by atoms with van der Waals surface area (Å²) in [6, 6.07) is 3.97. The van der Waals surface area contributed by atoms with Crippen LogP contribution in [0.4, 0.5) is 0 Å². The van der Waals surface area contributed by atoms with Gasteiger partial charge >= 0.3 is 0 Å². The van der Waals surface area contributed by atoms with Gasteiger partial charge in [0, 0.05) is 13.0 Å². The first-order chi connectivity index (χ1) is 6.33. The smallest absolute Gasteiger partial charge is 0.117 e. The van der Waals surface area contributed by atoms with Crippen molar-refractivity contribution < 1.29 is 4.42 Å². The van der Waals surface area contributed by atoms with Crippen molar-refractivity contribution in [1.29, 1.82) is 0 Å². The van der Waals surface area contributed by atoms with Gasteiger partial charge in [-0.25, -0.2) is 0 Å². The van der Waals surface area contributed by atoms with Gasteiger partial charge in [0.1, 0.15) is 11.5 Å². The first kappa shape index (κ1) is 9.88. The van der Waals surface area contributed by atoms with Crippen molar-refractivity contribution in [1.82, 2.24) is 5.32 Å². The van der Waals surface area contributed by atoms with Crippen LogP contribution in [0.1, 0.15) is 24.9 Å². The molecule has 0 amide bonds. The average molecular weight is 177 g/mol. The summed E-state index contributed by atoms with van der Waals surface area (Å²) in [7, 11) is 0. The van der Waals surface area contributed by atoms with Gasteiger partial charge in [-0.05, 0) is 26.0 Å². The second-order valence-electron chi connectivity index (χ2n) is 2.87. The van der Waals surface area contributed by atoms with Gasteiger partial charge in [-0.1, -0.05) is 0 Å². The van der Waals surface area contributed by atoms with Crippen LogP contribution in [-0.4, -0.2) is 6.54 Å². The lowest BCUT2D eigenvalue weighted by molar-refractivity contribution is 0.463. The molecule has 2 heteroatoms. The van der Waals surface area contributed by atoms with Crippen molar-refractivity contribution in [3.8, 4) is 11.8 Å². The lowest BCUT2D eigenvalue weighted by Crippen LogP contribution is -2.13. The predicted octanol–water partition coefficient (Wildman–Crippen LogP) is 2.09. The monoisotopic (exact) mass is 177 g/mol. The van der Waals surface area contributed by atoms with Gasteiger partial charge in [0.2, 0.25) is 0 Å². The van der Waals surface area contributed by atoms with Crippen LogP contribution < -0.4 is 5.32 Å². The van der Waals surface area contributed by atoms with Crippen LogP contribution in [0.2, 0.25) is 0 Å². The number of hydrogen-bond donors (Lipinski definition) is 1. The third-order valence-electron chi connectivity index (χ3n) is 1.70. The van der Waals surface area contributed by atoms with E-state index in [1.807, 2.05) is 26.0 Å². The van der Waals surface area contributed by atoms with Crippen molar-refractivity contribution in [2.75, 3.05) is 6.54 Å².